The van der Waals surface area contributed by atoms with E-state index in [1.54, 1.807) is 0 Å². The van der Waals surface area contributed by atoms with Crippen LogP contribution in [0.25, 0.3) is 0 Å². The van der Waals surface area contributed by atoms with Crippen LogP contribution in [0.1, 0.15) is 37.8 Å². The summed E-state index contributed by atoms with van der Waals surface area (Å²) in [5, 5.41) is 34.1. The zero-order valence-corrected chi connectivity index (χ0v) is 25.4. The minimum atomic E-state index is -5.24. The molecule has 2 heterocycles. The van der Waals surface area contributed by atoms with Gasteiger partial charge in [0.15, 0.2) is 11.9 Å². The average Bonchev–Trinajstić information content (AvgIpc) is 3.60. The number of hydroxylamine groups is 1. The zero-order chi connectivity index (χ0) is 35.1. The summed E-state index contributed by atoms with van der Waals surface area (Å²) in [5.41, 5.74) is 7.94. The van der Waals surface area contributed by atoms with E-state index < -0.39 is 105 Å². The second-order valence-corrected chi connectivity index (χ2v) is 10.9. The highest BCUT2D eigenvalue weighted by molar-refractivity contribution is 7.46. The molecule has 0 spiro atoms. The van der Waals surface area contributed by atoms with Crippen LogP contribution in [-0.2, 0) is 58.6 Å². The minimum absolute atomic E-state index is 0.0786. The number of nitrogens with one attached hydrogen (secondary N) is 4. The summed E-state index contributed by atoms with van der Waals surface area (Å²) in [6.07, 6.45) is -1.11. The van der Waals surface area contributed by atoms with Gasteiger partial charge in [-0.3, -0.25) is 29.0 Å². The number of ether oxygens (including phenoxy) is 2. The number of imidazole rings is 1. The average molecular weight is 695 g/mol. The quantitative estimate of drug-likeness (QED) is 0.0198. The van der Waals surface area contributed by atoms with Crippen molar-refractivity contribution in [2.75, 3.05) is 19.7 Å². The van der Waals surface area contributed by atoms with Gasteiger partial charge in [-0.2, -0.15) is 0 Å². The Balaban J connectivity index is 1.78. The first-order valence-corrected chi connectivity index (χ1v) is 15.3. The Morgan fingerprint density at radius 3 is 2.43 bits per heavy atom. The van der Waals surface area contributed by atoms with Crippen molar-refractivity contribution < 1.29 is 77.3 Å². The summed E-state index contributed by atoms with van der Waals surface area (Å²) in [6.45, 7) is -1.16. The van der Waals surface area contributed by atoms with E-state index in [1.807, 2.05) is 0 Å². The lowest BCUT2D eigenvalue weighted by molar-refractivity contribution is -0.159. The third-order valence-electron chi connectivity index (χ3n) is 6.04. The highest BCUT2D eigenvalue weighted by Gasteiger charge is 2.43. The van der Waals surface area contributed by atoms with Crippen molar-refractivity contribution >= 4 is 43.5 Å². The van der Waals surface area contributed by atoms with Gasteiger partial charge < -0.3 is 55.5 Å². The first-order valence-electron chi connectivity index (χ1n) is 13.8. The molecule has 0 bridgehead atoms. The first kappa shape index (κ1) is 38.6. The number of aromatic nitrogens is 2. The molecule has 0 saturated carbocycles. The Morgan fingerprint density at radius 2 is 1.81 bits per heavy atom. The second-order valence-electron chi connectivity index (χ2n) is 9.75. The van der Waals surface area contributed by atoms with E-state index in [1.165, 1.54) is 12.5 Å². The summed E-state index contributed by atoms with van der Waals surface area (Å²) < 4.78 is 24.2. The maximum absolute atomic E-state index is 12.9. The zero-order valence-electron chi connectivity index (χ0n) is 24.5. The number of nitrogens with zero attached hydrogens (tertiary/aromatic N) is 1. The fourth-order valence-corrected chi connectivity index (χ4v) is 4.20. The molecule has 0 radical (unpaired) electrons. The van der Waals surface area contributed by atoms with E-state index in [0.717, 1.165) is 0 Å². The fraction of sp³-hybridized carbons (Fsp3) is 0.542. The monoisotopic (exact) mass is 694 g/mol. The van der Waals surface area contributed by atoms with Crippen molar-refractivity contribution in [2.45, 2.75) is 62.8 Å². The van der Waals surface area contributed by atoms with E-state index in [-0.39, 0.29) is 12.8 Å². The van der Waals surface area contributed by atoms with Gasteiger partial charge in [-0.1, -0.05) is 0 Å². The standard InChI is InChI=1S/C24H35N6O16P/c25-6-2-1-3-13(23(37)38)30-22(36)14(7-12-8-26-11-27-12)29-16(32)9-28-45-18(34)5-4-17(33)43-10-15(31)20-19(35)21(24(39)44-20)46-47(40,41)42/h8,11,13-15,20,28,31,35H,1-7,9-10,25H2,(H,26,27)(H,29,32)(H,30,36)(H,37,38)(H2,40,41,42). The number of phosphoric acid groups is 1. The number of carboxylic acid groups (broad SMARTS) is 1. The molecule has 0 aliphatic carbocycles. The Bertz CT molecular complexity index is 1350. The van der Waals surface area contributed by atoms with Crippen LogP contribution in [-0.4, -0.2) is 115 Å². The first-order chi connectivity index (χ1) is 22.1. The SMILES string of the molecule is NCCCCC(NC(=O)C(Cc1cnc[nH]1)NC(=O)CNOC(=O)CCC(=O)OCC(O)C1OC(=O)C(OP(=O)(O)O)=C1O)C(=O)O. The number of carbonyl (C=O) groups is 6. The van der Waals surface area contributed by atoms with Crippen LogP contribution in [0.2, 0.25) is 0 Å². The molecule has 2 rings (SSSR count). The number of carboxylic acids is 1. The lowest BCUT2D eigenvalue weighted by atomic mass is 10.1. The molecule has 0 saturated heterocycles. The van der Waals surface area contributed by atoms with Gasteiger partial charge in [-0.15, -0.1) is 5.48 Å². The second kappa shape index (κ2) is 18.5. The van der Waals surface area contributed by atoms with E-state index in [0.29, 0.717) is 25.1 Å². The normalized spacial score (nSPS) is 16.4. The van der Waals surface area contributed by atoms with E-state index >= 15 is 0 Å². The van der Waals surface area contributed by atoms with Crippen LogP contribution in [0.5, 0.6) is 0 Å². The van der Waals surface area contributed by atoms with Crippen LogP contribution in [0.3, 0.4) is 0 Å². The molecule has 4 atom stereocenters. The molecule has 0 fully saturated rings. The molecule has 262 valence electrons. The molecule has 2 amide bonds. The van der Waals surface area contributed by atoms with Crippen LogP contribution in [0.15, 0.2) is 24.0 Å². The van der Waals surface area contributed by atoms with Crippen molar-refractivity contribution in [3.8, 4) is 0 Å². The van der Waals surface area contributed by atoms with E-state index in [4.69, 9.17) is 20.3 Å². The van der Waals surface area contributed by atoms with Gasteiger partial charge in [0, 0.05) is 18.3 Å². The largest absolute Gasteiger partial charge is 0.525 e. The number of rotatable bonds is 21. The van der Waals surface area contributed by atoms with E-state index in [9.17, 15) is 48.7 Å². The lowest BCUT2D eigenvalue weighted by Gasteiger charge is -2.21. The molecule has 1 aromatic heterocycles. The van der Waals surface area contributed by atoms with Gasteiger partial charge >= 0.3 is 31.7 Å². The Labute approximate surface area is 265 Å². The van der Waals surface area contributed by atoms with Crippen molar-refractivity contribution in [3.63, 3.8) is 0 Å². The van der Waals surface area contributed by atoms with Crippen molar-refractivity contribution in [2.24, 2.45) is 5.73 Å². The van der Waals surface area contributed by atoms with Gasteiger partial charge in [0.05, 0.1) is 19.2 Å². The van der Waals surface area contributed by atoms with Crippen molar-refractivity contribution in [3.05, 3.63) is 29.7 Å². The van der Waals surface area contributed by atoms with Crippen molar-refractivity contribution in [1.29, 1.82) is 0 Å². The number of H-pyrrole nitrogens is 1. The number of hydrogen-bond donors (Lipinski definition) is 10. The number of hydrogen-bond acceptors (Lipinski definition) is 16. The molecule has 22 nitrogen and oxygen atoms in total. The van der Waals surface area contributed by atoms with Crippen LogP contribution >= 0.6 is 7.82 Å². The molecule has 11 N–H and O–H groups in total. The summed E-state index contributed by atoms with van der Waals surface area (Å²) in [4.78, 5) is 101. The Kier molecular flexibility index (Phi) is 15.2. The lowest BCUT2D eigenvalue weighted by Crippen LogP contribution is -2.53. The van der Waals surface area contributed by atoms with Crippen LogP contribution in [0, 0.1) is 0 Å². The van der Waals surface area contributed by atoms with Crippen LogP contribution < -0.4 is 21.8 Å². The number of carbonyl (C=O) groups excluding carboxylic acids is 5. The third-order valence-corrected chi connectivity index (χ3v) is 6.46. The Hall–Kier alpha value is -4.60. The summed E-state index contributed by atoms with van der Waals surface area (Å²) in [6, 6.07) is -2.46. The smallest absolute Gasteiger partial charge is 0.505 e. The number of aliphatic hydroxyl groups excluding tert-OH is 2. The topological polar surface area (TPSA) is 348 Å². The number of nitrogens with two attached hydrogens (primary N) is 1. The maximum atomic E-state index is 12.9. The molecule has 4 unspecified atom stereocenters. The number of phosphoric ester groups is 1. The molecule has 47 heavy (non-hydrogen) atoms. The predicted molar refractivity (Wildman–Crippen MR) is 150 cm³/mol. The van der Waals surface area contributed by atoms with Crippen molar-refractivity contribution in [1.82, 2.24) is 26.1 Å². The predicted octanol–water partition coefficient (Wildman–Crippen LogP) is -3.33. The number of aliphatic hydroxyl groups is 2. The number of aromatic amines is 1. The number of aliphatic carboxylic acids is 1. The highest BCUT2D eigenvalue weighted by Crippen LogP contribution is 2.42. The van der Waals surface area contributed by atoms with Gasteiger partial charge in [0.1, 0.15) is 31.3 Å². The molecular weight excluding hydrogens is 659 g/mol. The summed E-state index contributed by atoms with van der Waals surface area (Å²) >= 11 is 0. The molecule has 0 aromatic carbocycles. The molecule has 1 aromatic rings. The Morgan fingerprint density at radius 1 is 1.11 bits per heavy atom. The number of esters is 2. The highest BCUT2D eigenvalue weighted by atomic mass is 31.2. The number of amides is 2. The van der Waals surface area contributed by atoms with Gasteiger partial charge in [0.2, 0.25) is 11.8 Å². The molecule has 1 aliphatic rings. The summed E-state index contributed by atoms with van der Waals surface area (Å²) in [7, 11) is -5.24. The molecule has 1 aliphatic heterocycles. The van der Waals surface area contributed by atoms with Gasteiger partial charge in [0.25, 0.3) is 5.76 Å². The fourth-order valence-electron chi connectivity index (χ4n) is 3.79. The minimum Gasteiger partial charge on any atom is -0.505 e. The van der Waals surface area contributed by atoms with Gasteiger partial charge in [-0.05, 0) is 25.8 Å². The van der Waals surface area contributed by atoms with E-state index in [2.05, 4.69) is 40.2 Å². The number of cyclic esters (lactones) is 1. The maximum Gasteiger partial charge on any atom is 0.525 e. The number of unbranched alkanes of at least 4 members (excludes halogenated alkanes) is 1. The third kappa shape index (κ3) is 13.7. The molecule has 23 heteroatoms. The van der Waals surface area contributed by atoms with Crippen LogP contribution in [0.4, 0.5) is 0 Å². The summed E-state index contributed by atoms with van der Waals surface area (Å²) in [5.74, 6) is -8.80. The van der Waals surface area contributed by atoms with Gasteiger partial charge in [-0.25, -0.2) is 19.1 Å². The molecular formula is C24H35N6O16P.